The SMILES string of the molecule is CSCCNc1nc(Cl)ncc1N. The first-order chi connectivity index (χ1) is 6.24. The number of anilines is 2. The molecule has 0 spiro atoms. The van der Waals surface area contributed by atoms with Gasteiger partial charge in [0.15, 0.2) is 5.82 Å². The molecule has 1 aromatic heterocycles. The highest BCUT2D eigenvalue weighted by molar-refractivity contribution is 7.98. The third kappa shape index (κ3) is 3.28. The summed E-state index contributed by atoms with van der Waals surface area (Å²) in [6, 6.07) is 0. The molecule has 0 radical (unpaired) electrons. The van der Waals surface area contributed by atoms with Crippen molar-refractivity contribution in [2.24, 2.45) is 0 Å². The van der Waals surface area contributed by atoms with E-state index < -0.39 is 0 Å². The lowest BCUT2D eigenvalue weighted by atomic mass is 10.5. The Bertz CT molecular complexity index is 281. The Morgan fingerprint density at radius 2 is 2.46 bits per heavy atom. The first kappa shape index (κ1) is 10.4. The van der Waals surface area contributed by atoms with Crippen molar-refractivity contribution in [1.82, 2.24) is 9.97 Å². The second-order valence-electron chi connectivity index (χ2n) is 2.36. The average molecular weight is 219 g/mol. The largest absolute Gasteiger partial charge is 0.394 e. The molecule has 0 aliphatic heterocycles. The number of nitrogens with two attached hydrogens (primary N) is 1. The second kappa shape index (κ2) is 5.14. The molecule has 0 aliphatic carbocycles. The maximum atomic E-state index is 5.62. The smallest absolute Gasteiger partial charge is 0.224 e. The van der Waals surface area contributed by atoms with Crippen LogP contribution in [0.2, 0.25) is 5.28 Å². The molecular formula is C7H11ClN4S. The van der Waals surface area contributed by atoms with Gasteiger partial charge in [0.05, 0.1) is 11.9 Å². The summed E-state index contributed by atoms with van der Waals surface area (Å²) in [5.74, 6) is 1.61. The lowest BCUT2D eigenvalue weighted by molar-refractivity contribution is 1.12. The number of hydrogen-bond donors (Lipinski definition) is 2. The van der Waals surface area contributed by atoms with E-state index in [0.717, 1.165) is 12.3 Å². The molecule has 0 aromatic carbocycles. The average Bonchev–Trinajstić information content (AvgIpc) is 2.11. The number of hydrogen-bond acceptors (Lipinski definition) is 5. The molecule has 72 valence electrons. The Balaban J connectivity index is 2.59. The molecule has 1 aromatic rings. The van der Waals surface area contributed by atoms with Crippen molar-refractivity contribution >= 4 is 34.9 Å². The number of halogens is 1. The van der Waals surface area contributed by atoms with Crippen LogP contribution >= 0.6 is 23.4 Å². The lowest BCUT2D eigenvalue weighted by Gasteiger charge is -2.06. The molecule has 0 saturated heterocycles. The third-order valence-corrected chi connectivity index (χ3v) is 2.18. The number of rotatable bonds is 4. The summed E-state index contributed by atoms with van der Waals surface area (Å²) in [6.07, 6.45) is 3.54. The predicted octanol–water partition coefficient (Wildman–Crippen LogP) is 1.49. The fourth-order valence-corrected chi connectivity index (χ4v) is 1.22. The van der Waals surface area contributed by atoms with Gasteiger partial charge in [-0.05, 0) is 17.9 Å². The molecule has 0 aliphatic rings. The number of thioether (sulfide) groups is 1. The quantitative estimate of drug-likeness (QED) is 0.592. The molecular weight excluding hydrogens is 208 g/mol. The van der Waals surface area contributed by atoms with Crippen molar-refractivity contribution < 1.29 is 0 Å². The minimum Gasteiger partial charge on any atom is -0.394 e. The molecule has 0 bridgehead atoms. The van der Waals surface area contributed by atoms with Crippen LogP contribution in [0.25, 0.3) is 0 Å². The molecule has 13 heavy (non-hydrogen) atoms. The summed E-state index contributed by atoms with van der Waals surface area (Å²) in [6.45, 7) is 0.818. The summed E-state index contributed by atoms with van der Waals surface area (Å²) in [4.78, 5) is 7.71. The van der Waals surface area contributed by atoms with Gasteiger partial charge in [-0.3, -0.25) is 0 Å². The normalized spacial score (nSPS) is 10.0. The molecule has 1 rings (SSSR count). The maximum absolute atomic E-state index is 5.62. The molecule has 6 heteroatoms. The molecule has 0 unspecified atom stereocenters. The van der Waals surface area contributed by atoms with E-state index in [0.29, 0.717) is 11.5 Å². The van der Waals surface area contributed by atoms with Crippen LogP contribution in [-0.2, 0) is 0 Å². The topological polar surface area (TPSA) is 63.8 Å². The van der Waals surface area contributed by atoms with E-state index in [9.17, 15) is 0 Å². The molecule has 3 N–H and O–H groups in total. The van der Waals surface area contributed by atoms with Crippen molar-refractivity contribution in [3.8, 4) is 0 Å². The van der Waals surface area contributed by atoms with Gasteiger partial charge in [0.1, 0.15) is 0 Å². The highest BCUT2D eigenvalue weighted by Gasteiger charge is 2.01. The summed E-state index contributed by atoms with van der Waals surface area (Å²) in [5, 5.41) is 3.28. The first-order valence-corrected chi connectivity index (χ1v) is 5.52. The number of nitrogens with zero attached hydrogens (tertiary/aromatic N) is 2. The van der Waals surface area contributed by atoms with Crippen molar-refractivity contribution in [1.29, 1.82) is 0 Å². The minimum absolute atomic E-state index is 0.209. The van der Waals surface area contributed by atoms with Gasteiger partial charge in [0.2, 0.25) is 5.28 Å². The Kier molecular flexibility index (Phi) is 4.11. The Morgan fingerprint density at radius 1 is 1.69 bits per heavy atom. The van der Waals surface area contributed by atoms with Crippen molar-refractivity contribution in [3.05, 3.63) is 11.5 Å². The standard InChI is InChI=1S/C7H11ClN4S/c1-13-3-2-10-6-5(9)4-11-7(8)12-6/h4H,2-3,9H2,1H3,(H,10,11,12). The van der Waals surface area contributed by atoms with E-state index in [1.165, 1.54) is 6.20 Å². The zero-order valence-corrected chi connectivity index (χ0v) is 8.82. The summed E-state index contributed by atoms with van der Waals surface area (Å²) < 4.78 is 0. The summed E-state index contributed by atoms with van der Waals surface area (Å²) >= 11 is 7.36. The molecule has 0 amide bonds. The molecule has 0 atom stereocenters. The molecule has 4 nitrogen and oxygen atoms in total. The van der Waals surface area contributed by atoms with Crippen LogP contribution in [0.5, 0.6) is 0 Å². The molecule has 0 saturated carbocycles. The van der Waals surface area contributed by atoms with E-state index in [1.54, 1.807) is 11.8 Å². The van der Waals surface area contributed by atoms with Crippen LogP contribution in [0.3, 0.4) is 0 Å². The third-order valence-electron chi connectivity index (χ3n) is 1.39. The number of nitrogen functional groups attached to an aromatic ring is 1. The van der Waals surface area contributed by atoms with Gasteiger partial charge < -0.3 is 11.1 Å². The highest BCUT2D eigenvalue weighted by atomic mass is 35.5. The minimum atomic E-state index is 0.209. The summed E-state index contributed by atoms with van der Waals surface area (Å²) in [7, 11) is 0. The van der Waals surface area contributed by atoms with Crippen LogP contribution in [0.1, 0.15) is 0 Å². The van der Waals surface area contributed by atoms with Gasteiger partial charge in [0.25, 0.3) is 0 Å². The Hall–Kier alpha value is -0.680. The summed E-state index contributed by atoms with van der Waals surface area (Å²) in [5.41, 5.74) is 6.14. The fourth-order valence-electron chi connectivity index (χ4n) is 0.783. The van der Waals surface area contributed by atoms with Gasteiger partial charge >= 0.3 is 0 Å². The number of nitrogens with one attached hydrogen (secondary N) is 1. The van der Waals surface area contributed by atoms with E-state index in [4.69, 9.17) is 17.3 Å². The highest BCUT2D eigenvalue weighted by Crippen LogP contribution is 2.15. The van der Waals surface area contributed by atoms with Crippen LogP contribution in [0.4, 0.5) is 11.5 Å². The lowest BCUT2D eigenvalue weighted by Crippen LogP contribution is -2.08. The van der Waals surface area contributed by atoms with E-state index in [2.05, 4.69) is 15.3 Å². The van der Waals surface area contributed by atoms with Crippen LogP contribution in [-0.4, -0.2) is 28.5 Å². The fraction of sp³-hybridized carbons (Fsp3) is 0.429. The monoisotopic (exact) mass is 218 g/mol. The van der Waals surface area contributed by atoms with Crippen molar-refractivity contribution in [2.75, 3.05) is 29.6 Å². The van der Waals surface area contributed by atoms with Crippen molar-refractivity contribution in [3.63, 3.8) is 0 Å². The zero-order chi connectivity index (χ0) is 9.68. The molecule has 1 heterocycles. The van der Waals surface area contributed by atoms with Crippen LogP contribution < -0.4 is 11.1 Å². The van der Waals surface area contributed by atoms with E-state index >= 15 is 0 Å². The van der Waals surface area contributed by atoms with E-state index in [-0.39, 0.29) is 5.28 Å². The zero-order valence-electron chi connectivity index (χ0n) is 7.25. The maximum Gasteiger partial charge on any atom is 0.224 e. The predicted molar refractivity (Wildman–Crippen MR) is 58.3 cm³/mol. The van der Waals surface area contributed by atoms with Gasteiger partial charge in [-0.25, -0.2) is 4.98 Å². The first-order valence-electron chi connectivity index (χ1n) is 3.75. The van der Waals surface area contributed by atoms with Gasteiger partial charge in [0, 0.05) is 12.3 Å². The van der Waals surface area contributed by atoms with Crippen LogP contribution in [0, 0.1) is 0 Å². The van der Waals surface area contributed by atoms with Gasteiger partial charge in [-0.15, -0.1) is 0 Å². The number of aromatic nitrogens is 2. The van der Waals surface area contributed by atoms with Crippen molar-refractivity contribution in [2.45, 2.75) is 0 Å². The van der Waals surface area contributed by atoms with E-state index in [1.807, 2.05) is 6.26 Å². The van der Waals surface area contributed by atoms with Gasteiger partial charge in [-0.2, -0.15) is 16.7 Å². The molecule has 0 fully saturated rings. The Labute approximate surface area is 86.3 Å². The second-order valence-corrected chi connectivity index (χ2v) is 3.69. The van der Waals surface area contributed by atoms with Gasteiger partial charge in [-0.1, -0.05) is 0 Å². The van der Waals surface area contributed by atoms with Crippen LogP contribution in [0.15, 0.2) is 6.20 Å². The Morgan fingerprint density at radius 3 is 3.15 bits per heavy atom.